The summed E-state index contributed by atoms with van der Waals surface area (Å²) >= 11 is 0. The van der Waals surface area contributed by atoms with Crippen molar-refractivity contribution in [2.75, 3.05) is 5.73 Å². The van der Waals surface area contributed by atoms with Crippen LogP contribution in [0.3, 0.4) is 0 Å². The lowest BCUT2D eigenvalue weighted by molar-refractivity contribution is 0.458. The van der Waals surface area contributed by atoms with Gasteiger partial charge in [0.05, 0.1) is 12.4 Å². The minimum atomic E-state index is 0.349. The first-order chi connectivity index (χ1) is 10.8. The van der Waals surface area contributed by atoms with Crippen LogP contribution in [0.5, 0.6) is 0 Å². The number of nitrogen functional groups attached to an aromatic ring is 1. The molecule has 1 aliphatic heterocycles. The molecule has 0 amide bonds. The number of benzene rings is 2. The summed E-state index contributed by atoms with van der Waals surface area (Å²) in [6.07, 6.45) is 7.42. The van der Waals surface area contributed by atoms with Crippen molar-refractivity contribution in [2.45, 2.75) is 25.3 Å². The molecule has 1 aliphatic rings. The molecule has 2 heterocycles. The summed E-state index contributed by atoms with van der Waals surface area (Å²) in [7, 11) is 0. The van der Waals surface area contributed by atoms with E-state index in [1.54, 1.807) is 0 Å². The highest BCUT2D eigenvalue weighted by Crippen LogP contribution is 2.37. The quantitative estimate of drug-likeness (QED) is 0.723. The van der Waals surface area contributed by atoms with Crippen molar-refractivity contribution in [1.29, 1.82) is 0 Å². The predicted octanol–water partition coefficient (Wildman–Crippen LogP) is 4.06. The topological polar surface area (TPSA) is 43.8 Å². The van der Waals surface area contributed by atoms with Gasteiger partial charge in [0.1, 0.15) is 0 Å². The van der Waals surface area contributed by atoms with Crippen LogP contribution in [0.4, 0.5) is 5.69 Å². The molecular weight excluding hydrogens is 270 g/mol. The van der Waals surface area contributed by atoms with E-state index in [-0.39, 0.29) is 0 Å². The van der Waals surface area contributed by atoms with Gasteiger partial charge < -0.3 is 10.3 Å². The molecular formula is C19H19N3. The van der Waals surface area contributed by atoms with Gasteiger partial charge in [-0.1, -0.05) is 42.5 Å². The monoisotopic (exact) mass is 289 g/mol. The Morgan fingerprint density at radius 2 is 1.77 bits per heavy atom. The number of nitrogens with zero attached hydrogens (tertiary/aromatic N) is 2. The van der Waals surface area contributed by atoms with Gasteiger partial charge in [-0.15, -0.1) is 0 Å². The number of anilines is 1. The van der Waals surface area contributed by atoms with Gasteiger partial charge in [0.25, 0.3) is 0 Å². The molecule has 22 heavy (non-hydrogen) atoms. The number of rotatable bonds is 2. The Hall–Kier alpha value is -2.55. The molecule has 0 fully saturated rings. The molecule has 2 aromatic carbocycles. The van der Waals surface area contributed by atoms with Gasteiger partial charge in [0.15, 0.2) is 0 Å². The third-order valence-electron chi connectivity index (χ3n) is 4.56. The zero-order valence-corrected chi connectivity index (χ0v) is 12.4. The van der Waals surface area contributed by atoms with Crippen molar-refractivity contribution < 1.29 is 0 Å². The average Bonchev–Trinajstić information content (AvgIpc) is 3.04. The SMILES string of the molecule is Nc1ccccc1-c1ccccc1C1CCCc2cncn21. The van der Waals surface area contributed by atoms with Crippen molar-refractivity contribution >= 4 is 5.69 Å². The number of aryl methyl sites for hydroxylation is 1. The summed E-state index contributed by atoms with van der Waals surface area (Å²) in [5.41, 5.74) is 12.0. The molecule has 1 aromatic heterocycles. The molecule has 0 saturated heterocycles. The van der Waals surface area contributed by atoms with Gasteiger partial charge in [-0.05, 0) is 36.5 Å². The Morgan fingerprint density at radius 1 is 1.00 bits per heavy atom. The van der Waals surface area contributed by atoms with Crippen molar-refractivity contribution in [1.82, 2.24) is 9.55 Å². The summed E-state index contributed by atoms with van der Waals surface area (Å²) in [4.78, 5) is 4.34. The van der Waals surface area contributed by atoms with Crippen LogP contribution in [0.2, 0.25) is 0 Å². The molecule has 110 valence electrons. The summed E-state index contributed by atoms with van der Waals surface area (Å²) in [5.74, 6) is 0. The molecule has 4 rings (SSSR count). The van der Waals surface area contributed by atoms with E-state index in [1.807, 2.05) is 30.7 Å². The van der Waals surface area contributed by atoms with Crippen molar-refractivity contribution in [3.05, 3.63) is 72.3 Å². The smallest absolute Gasteiger partial charge is 0.0953 e. The van der Waals surface area contributed by atoms with E-state index in [4.69, 9.17) is 5.73 Å². The van der Waals surface area contributed by atoms with E-state index in [0.717, 1.165) is 24.1 Å². The maximum atomic E-state index is 6.21. The molecule has 0 bridgehead atoms. The molecule has 3 nitrogen and oxygen atoms in total. The maximum absolute atomic E-state index is 6.21. The molecule has 1 atom stereocenters. The number of hydrogen-bond donors (Lipinski definition) is 1. The van der Waals surface area contributed by atoms with Crippen LogP contribution in [-0.4, -0.2) is 9.55 Å². The van der Waals surface area contributed by atoms with Crippen LogP contribution in [0, 0.1) is 0 Å². The van der Waals surface area contributed by atoms with Crippen LogP contribution in [0.15, 0.2) is 61.1 Å². The Morgan fingerprint density at radius 3 is 2.64 bits per heavy atom. The molecule has 0 radical (unpaired) electrons. The van der Waals surface area contributed by atoms with E-state index in [9.17, 15) is 0 Å². The minimum absolute atomic E-state index is 0.349. The van der Waals surface area contributed by atoms with Gasteiger partial charge in [-0.25, -0.2) is 4.98 Å². The largest absolute Gasteiger partial charge is 0.398 e. The fourth-order valence-electron chi connectivity index (χ4n) is 3.50. The Labute approximate surface area is 130 Å². The van der Waals surface area contributed by atoms with Gasteiger partial charge in [-0.2, -0.15) is 0 Å². The van der Waals surface area contributed by atoms with Crippen LogP contribution >= 0.6 is 0 Å². The summed E-state index contributed by atoms with van der Waals surface area (Å²) in [6.45, 7) is 0. The molecule has 2 N–H and O–H groups in total. The summed E-state index contributed by atoms with van der Waals surface area (Å²) < 4.78 is 2.32. The van der Waals surface area contributed by atoms with Gasteiger partial charge in [0, 0.05) is 23.1 Å². The number of nitrogens with two attached hydrogens (primary N) is 1. The molecule has 3 aromatic rings. The Bertz CT molecular complexity index is 804. The van der Waals surface area contributed by atoms with E-state index in [1.165, 1.54) is 23.2 Å². The number of para-hydroxylation sites is 1. The average molecular weight is 289 g/mol. The van der Waals surface area contributed by atoms with E-state index in [2.05, 4.69) is 39.9 Å². The Balaban J connectivity index is 1.87. The summed E-state index contributed by atoms with van der Waals surface area (Å²) in [6, 6.07) is 17.0. The lowest BCUT2D eigenvalue weighted by atomic mass is 9.89. The molecule has 0 saturated carbocycles. The van der Waals surface area contributed by atoms with Crippen LogP contribution in [0.1, 0.15) is 30.1 Å². The molecule has 0 aliphatic carbocycles. The third-order valence-corrected chi connectivity index (χ3v) is 4.56. The second-order valence-electron chi connectivity index (χ2n) is 5.87. The zero-order valence-electron chi connectivity index (χ0n) is 12.4. The van der Waals surface area contributed by atoms with Crippen molar-refractivity contribution in [3.8, 4) is 11.1 Å². The number of aromatic nitrogens is 2. The third kappa shape index (κ3) is 2.10. The fourth-order valence-corrected chi connectivity index (χ4v) is 3.50. The molecule has 0 spiro atoms. The van der Waals surface area contributed by atoms with Gasteiger partial charge >= 0.3 is 0 Å². The van der Waals surface area contributed by atoms with E-state index < -0.39 is 0 Å². The minimum Gasteiger partial charge on any atom is -0.398 e. The number of imidazole rings is 1. The van der Waals surface area contributed by atoms with Crippen molar-refractivity contribution in [3.63, 3.8) is 0 Å². The zero-order chi connectivity index (χ0) is 14.9. The van der Waals surface area contributed by atoms with Gasteiger partial charge in [-0.3, -0.25) is 0 Å². The second kappa shape index (κ2) is 5.34. The summed E-state index contributed by atoms with van der Waals surface area (Å²) in [5, 5.41) is 0. The van der Waals surface area contributed by atoms with Crippen LogP contribution in [-0.2, 0) is 6.42 Å². The standard InChI is InChI=1S/C19H19N3/c20-18-10-4-3-8-16(18)15-7-1-2-9-17(15)19-11-5-6-14-12-21-13-22(14)19/h1-4,7-10,12-13,19H,5-6,11,20H2. The highest BCUT2D eigenvalue weighted by molar-refractivity contribution is 5.78. The first-order valence-corrected chi connectivity index (χ1v) is 7.79. The van der Waals surface area contributed by atoms with Crippen LogP contribution < -0.4 is 5.73 Å². The number of fused-ring (bicyclic) bond motifs is 1. The Kier molecular flexibility index (Phi) is 3.19. The number of hydrogen-bond acceptors (Lipinski definition) is 2. The molecule has 3 heteroatoms. The van der Waals surface area contributed by atoms with Crippen molar-refractivity contribution in [2.24, 2.45) is 0 Å². The van der Waals surface area contributed by atoms with Gasteiger partial charge in [0.2, 0.25) is 0 Å². The highest BCUT2D eigenvalue weighted by Gasteiger charge is 2.23. The predicted molar refractivity (Wildman–Crippen MR) is 89.6 cm³/mol. The van der Waals surface area contributed by atoms with E-state index in [0.29, 0.717) is 6.04 Å². The second-order valence-corrected chi connectivity index (χ2v) is 5.87. The van der Waals surface area contributed by atoms with E-state index >= 15 is 0 Å². The fraction of sp³-hybridized carbons (Fsp3) is 0.211. The normalized spacial score (nSPS) is 17.2. The van der Waals surface area contributed by atoms with Crippen LogP contribution in [0.25, 0.3) is 11.1 Å². The maximum Gasteiger partial charge on any atom is 0.0953 e. The molecule has 1 unspecified atom stereocenters. The highest BCUT2D eigenvalue weighted by atomic mass is 15.1. The lowest BCUT2D eigenvalue weighted by Gasteiger charge is -2.28. The lowest BCUT2D eigenvalue weighted by Crippen LogP contribution is -2.18. The first-order valence-electron chi connectivity index (χ1n) is 7.79. The first kappa shape index (κ1) is 13.1.